The maximum absolute atomic E-state index is 12.5. The Labute approximate surface area is 147 Å². The first-order valence-corrected chi connectivity index (χ1v) is 8.03. The van der Waals surface area contributed by atoms with E-state index < -0.39 is 17.0 Å². The lowest BCUT2D eigenvalue weighted by atomic mass is 10.1. The summed E-state index contributed by atoms with van der Waals surface area (Å²) in [6.07, 6.45) is 0. The van der Waals surface area contributed by atoms with E-state index in [0.29, 0.717) is 6.54 Å². The van der Waals surface area contributed by atoms with Gasteiger partial charge in [-0.3, -0.25) is 23.6 Å². The van der Waals surface area contributed by atoms with Crippen molar-refractivity contribution in [1.82, 2.24) is 14.0 Å². The third-order valence-electron chi connectivity index (χ3n) is 3.77. The summed E-state index contributed by atoms with van der Waals surface area (Å²) in [7, 11) is 4.54. The summed E-state index contributed by atoms with van der Waals surface area (Å²) >= 11 is 3.37. The Bertz CT molecular complexity index is 884. The Morgan fingerprint density at radius 3 is 2.33 bits per heavy atom. The fourth-order valence-electron chi connectivity index (χ4n) is 2.40. The lowest BCUT2D eigenvalue weighted by molar-refractivity contribution is 0.0941. The molecule has 24 heavy (non-hydrogen) atoms. The number of benzene rings is 1. The highest BCUT2D eigenvalue weighted by Crippen LogP contribution is 2.12. The lowest BCUT2D eigenvalue weighted by Crippen LogP contribution is -2.43. The Morgan fingerprint density at radius 1 is 1.17 bits per heavy atom. The van der Waals surface area contributed by atoms with Gasteiger partial charge in [0.2, 0.25) is 0 Å². The van der Waals surface area contributed by atoms with Crippen molar-refractivity contribution in [2.24, 2.45) is 14.1 Å². The molecule has 7 nitrogen and oxygen atoms in total. The van der Waals surface area contributed by atoms with E-state index in [2.05, 4.69) is 15.9 Å². The quantitative estimate of drug-likeness (QED) is 0.755. The largest absolute Gasteiger partial charge is 0.384 e. The van der Waals surface area contributed by atoms with Crippen LogP contribution in [0.4, 0.5) is 5.82 Å². The predicted octanol–water partition coefficient (Wildman–Crippen LogP) is 0.743. The maximum Gasteiger partial charge on any atom is 0.332 e. The number of hydrogen-bond acceptors (Lipinski definition) is 5. The van der Waals surface area contributed by atoms with Crippen molar-refractivity contribution in [2.75, 3.05) is 19.3 Å². The molecule has 0 atom stereocenters. The van der Waals surface area contributed by atoms with Crippen molar-refractivity contribution in [2.45, 2.75) is 6.54 Å². The van der Waals surface area contributed by atoms with Gasteiger partial charge in [0, 0.05) is 25.1 Å². The number of ketones is 1. The first-order valence-electron chi connectivity index (χ1n) is 7.24. The van der Waals surface area contributed by atoms with Crippen LogP contribution in [0.5, 0.6) is 0 Å². The van der Waals surface area contributed by atoms with Crippen LogP contribution in [0.2, 0.25) is 0 Å². The van der Waals surface area contributed by atoms with Gasteiger partial charge in [-0.1, -0.05) is 28.1 Å². The summed E-state index contributed by atoms with van der Waals surface area (Å²) < 4.78 is 2.97. The van der Waals surface area contributed by atoms with E-state index in [0.717, 1.165) is 19.2 Å². The number of Topliss-reactive ketones (excluding diaryl/α,β-unsaturated/α-hetero) is 1. The number of nitrogens with zero attached hydrogens (tertiary/aromatic N) is 3. The second-order valence-electron chi connectivity index (χ2n) is 5.69. The summed E-state index contributed by atoms with van der Waals surface area (Å²) in [5.41, 5.74) is 5.46. The van der Waals surface area contributed by atoms with Gasteiger partial charge in [-0.15, -0.1) is 0 Å². The van der Waals surface area contributed by atoms with Gasteiger partial charge in [-0.05, 0) is 24.7 Å². The number of hydrogen-bond donors (Lipinski definition) is 1. The fourth-order valence-corrected chi connectivity index (χ4v) is 2.67. The Hall–Kier alpha value is -2.19. The monoisotopic (exact) mass is 394 g/mol. The highest BCUT2D eigenvalue weighted by atomic mass is 79.9. The van der Waals surface area contributed by atoms with Crippen molar-refractivity contribution in [3.8, 4) is 0 Å². The molecule has 1 heterocycles. The SMILES string of the molecule is CN(CC(=O)c1c(N)n(C)c(=O)n(C)c1=O)Cc1ccc(Br)cc1. The number of aromatic nitrogens is 2. The standard InChI is InChI=1S/C16H19BrN4O3/c1-19(8-10-4-6-11(17)7-5-10)9-12(22)13-14(18)20(2)16(24)21(3)15(13)23/h4-7H,8-9,18H2,1-3H3. The Morgan fingerprint density at radius 2 is 1.75 bits per heavy atom. The number of carbonyl (C=O) groups excluding carboxylic acids is 1. The molecule has 0 spiro atoms. The molecular weight excluding hydrogens is 376 g/mol. The van der Waals surface area contributed by atoms with E-state index in [4.69, 9.17) is 5.73 Å². The van der Waals surface area contributed by atoms with E-state index >= 15 is 0 Å². The zero-order chi connectivity index (χ0) is 18.0. The number of rotatable bonds is 5. The number of carbonyl (C=O) groups is 1. The van der Waals surface area contributed by atoms with Crippen molar-refractivity contribution < 1.29 is 4.79 Å². The van der Waals surface area contributed by atoms with Gasteiger partial charge in [0.1, 0.15) is 11.4 Å². The molecule has 0 saturated carbocycles. The smallest absolute Gasteiger partial charge is 0.332 e. The zero-order valence-electron chi connectivity index (χ0n) is 13.7. The molecule has 0 aliphatic rings. The molecule has 2 aromatic rings. The van der Waals surface area contributed by atoms with Gasteiger partial charge in [0.05, 0.1) is 6.54 Å². The summed E-state index contributed by atoms with van der Waals surface area (Å²) in [5, 5.41) is 0. The summed E-state index contributed by atoms with van der Waals surface area (Å²) in [4.78, 5) is 38.3. The normalized spacial score (nSPS) is 11.0. The van der Waals surface area contributed by atoms with Crippen LogP contribution in [-0.2, 0) is 20.6 Å². The van der Waals surface area contributed by atoms with Crippen LogP contribution in [0.25, 0.3) is 0 Å². The van der Waals surface area contributed by atoms with Gasteiger partial charge in [0.15, 0.2) is 5.78 Å². The van der Waals surface area contributed by atoms with E-state index in [1.807, 2.05) is 24.3 Å². The van der Waals surface area contributed by atoms with Gasteiger partial charge < -0.3 is 5.73 Å². The van der Waals surface area contributed by atoms with E-state index in [9.17, 15) is 14.4 Å². The maximum atomic E-state index is 12.5. The summed E-state index contributed by atoms with van der Waals surface area (Å²) in [6.45, 7) is 0.568. The van der Waals surface area contributed by atoms with E-state index in [1.165, 1.54) is 14.1 Å². The number of anilines is 1. The van der Waals surface area contributed by atoms with Crippen molar-refractivity contribution in [3.05, 3.63) is 60.7 Å². The molecule has 1 aromatic carbocycles. The third kappa shape index (κ3) is 3.65. The predicted molar refractivity (Wildman–Crippen MR) is 96.1 cm³/mol. The zero-order valence-corrected chi connectivity index (χ0v) is 15.3. The Balaban J connectivity index is 2.22. The van der Waals surface area contributed by atoms with Crippen LogP contribution < -0.4 is 17.0 Å². The first kappa shape index (κ1) is 18.2. The summed E-state index contributed by atoms with van der Waals surface area (Å²) in [5.74, 6) is -0.520. The van der Waals surface area contributed by atoms with E-state index in [1.54, 1.807) is 11.9 Å². The molecule has 0 amide bonds. The van der Waals surface area contributed by atoms with Crippen LogP contribution in [0.15, 0.2) is 38.3 Å². The molecule has 0 fully saturated rings. The lowest BCUT2D eigenvalue weighted by Gasteiger charge is -2.17. The van der Waals surface area contributed by atoms with Gasteiger partial charge in [-0.2, -0.15) is 0 Å². The molecule has 0 radical (unpaired) electrons. The molecule has 0 bridgehead atoms. The topological polar surface area (TPSA) is 90.3 Å². The molecule has 2 N–H and O–H groups in total. The highest BCUT2D eigenvalue weighted by Gasteiger charge is 2.21. The molecule has 2 rings (SSSR count). The van der Waals surface area contributed by atoms with E-state index in [-0.39, 0.29) is 17.9 Å². The molecular formula is C16H19BrN4O3. The van der Waals surface area contributed by atoms with Crippen molar-refractivity contribution in [1.29, 1.82) is 0 Å². The van der Waals surface area contributed by atoms with Crippen molar-refractivity contribution in [3.63, 3.8) is 0 Å². The van der Waals surface area contributed by atoms with Crippen LogP contribution in [0.1, 0.15) is 15.9 Å². The third-order valence-corrected chi connectivity index (χ3v) is 4.30. The fraction of sp³-hybridized carbons (Fsp3) is 0.312. The highest BCUT2D eigenvalue weighted by molar-refractivity contribution is 9.10. The average Bonchev–Trinajstić information content (AvgIpc) is 2.53. The number of likely N-dealkylation sites (N-methyl/N-ethyl adjacent to an activating group) is 1. The van der Waals surface area contributed by atoms with Crippen LogP contribution in [0.3, 0.4) is 0 Å². The average molecular weight is 395 g/mol. The molecule has 1 aromatic heterocycles. The van der Waals surface area contributed by atoms with Gasteiger partial charge in [-0.25, -0.2) is 4.79 Å². The molecule has 0 saturated heterocycles. The molecule has 0 aliphatic carbocycles. The van der Waals surface area contributed by atoms with Crippen LogP contribution >= 0.6 is 15.9 Å². The first-order chi connectivity index (χ1) is 11.2. The van der Waals surface area contributed by atoms with Gasteiger partial charge in [0.25, 0.3) is 5.56 Å². The van der Waals surface area contributed by atoms with Gasteiger partial charge >= 0.3 is 5.69 Å². The summed E-state index contributed by atoms with van der Waals surface area (Å²) in [6, 6.07) is 7.74. The Kier molecular flexibility index (Phi) is 5.40. The molecule has 128 valence electrons. The van der Waals surface area contributed by atoms with Crippen LogP contribution in [-0.4, -0.2) is 33.4 Å². The van der Waals surface area contributed by atoms with Crippen molar-refractivity contribution >= 4 is 27.5 Å². The molecule has 0 unspecified atom stereocenters. The molecule has 8 heteroatoms. The number of halogens is 1. The second-order valence-corrected chi connectivity index (χ2v) is 6.60. The minimum absolute atomic E-state index is 0.0215. The minimum atomic E-state index is -0.669. The minimum Gasteiger partial charge on any atom is -0.384 e. The van der Waals surface area contributed by atoms with Crippen LogP contribution in [0, 0.1) is 0 Å². The molecule has 0 aliphatic heterocycles. The second kappa shape index (κ2) is 7.14. The number of nitrogen functional groups attached to an aromatic ring is 1. The number of nitrogens with two attached hydrogens (primary N) is 1.